The van der Waals surface area contributed by atoms with E-state index in [1.165, 1.54) is 10.4 Å². The molecule has 1 aromatic heterocycles. The lowest BCUT2D eigenvalue weighted by molar-refractivity contribution is 0.129. The summed E-state index contributed by atoms with van der Waals surface area (Å²) in [5.41, 5.74) is 3.14. The molecular formula is C20H30N4OS. The van der Waals surface area contributed by atoms with Gasteiger partial charge in [-0.2, -0.15) is 0 Å². The molecule has 0 amide bonds. The summed E-state index contributed by atoms with van der Waals surface area (Å²) >= 11 is 1.72. The summed E-state index contributed by atoms with van der Waals surface area (Å²) in [7, 11) is 1.78. The molecule has 0 atom stereocenters. The van der Waals surface area contributed by atoms with E-state index in [2.05, 4.69) is 66.5 Å². The average Bonchev–Trinajstić information content (AvgIpc) is 2.85. The lowest BCUT2D eigenvalue weighted by Gasteiger charge is -2.24. The predicted molar refractivity (Wildman–Crippen MR) is 110 cm³/mol. The van der Waals surface area contributed by atoms with Crippen molar-refractivity contribution in [2.24, 2.45) is 4.99 Å². The molecule has 0 bridgehead atoms. The number of aryl methyl sites for hydroxylation is 3. The summed E-state index contributed by atoms with van der Waals surface area (Å²) in [4.78, 5) is 10.0. The molecule has 0 unspecified atom stereocenters. The number of nitrogens with zero attached hydrogens (tertiary/aromatic N) is 2. The van der Waals surface area contributed by atoms with Crippen LogP contribution in [0.3, 0.4) is 0 Å². The maximum absolute atomic E-state index is 6.12. The molecule has 0 aliphatic heterocycles. The van der Waals surface area contributed by atoms with Gasteiger partial charge in [0.1, 0.15) is 11.4 Å². The third-order valence-corrected chi connectivity index (χ3v) is 4.80. The van der Waals surface area contributed by atoms with Crippen molar-refractivity contribution < 1.29 is 4.74 Å². The molecule has 0 aliphatic carbocycles. The van der Waals surface area contributed by atoms with Crippen molar-refractivity contribution in [2.75, 3.05) is 7.05 Å². The van der Waals surface area contributed by atoms with Gasteiger partial charge in [0, 0.05) is 24.0 Å². The predicted octanol–water partition coefficient (Wildman–Crippen LogP) is 4.11. The van der Waals surface area contributed by atoms with E-state index in [0.29, 0.717) is 6.54 Å². The fourth-order valence-corrected chi connectivity index (χ4v) is 3.41. The van der Waals surface area contributed by atoms with Crippen molar-refractivity contribution >= 4 is 17.3 Å². The van der Waals surface area contributed by atoms with Crippen molar-refractivity contribution in [3.8, 4) is 5.75 Å². The average molecular weight is 375 g/mol. The van der Waals surface area contributed by atoms with Crippen LogP contribution in [-0.2, 0) is 13.1 Å². The number of aliphatic imine (C=N–C) groups is 1. The van der Waals surface area contributed by atoms with Crippen LogP contribution in [0.4, 0.5) is 0 Å². The van der Waals surface area contributed by atoms with Gasteiger partial charge in [0.15, 0.2) is 5.96 Å². The quantitative estimate of drug-likeness (QED) is 0.611. The SMILES string of the molecule is CN=C(NCc1ccc(C)cc1OC(C)(C)C)NCc1sc(C)nc1C. The van der Waals surface area contributed by atoms with Crippen LogP contribution < -0.4 is 15.4 Å². The third-order valence-electron chi connectivity index (χ3n) is 3.72. The van der Waals surface area contributed by atoms with Crippen LogP contribution in [-0.4, -0.2) is 23.6 Å². The highest BCUT2D eigenvalue weighted by Gasteiger charge is 2.15. The molecule has 0 spiro atoms. The first-order valence-corrected chi connectivity index (χ1v) is 9.65. The number of rotatable bonds is 5. The molecule has 0 saturated heterocycles. The first-order chi connectivity index (χ1) is 12.2. The zero-order valence-electron chi connectivity index (χ0n) is 16.9. The molecule has 2 rings (SSSR count). The van der Waals surface area contributed by atoms with Gasteiger partial charge in [0.2, 0.25) is 0 Å². The third kappa shape index (κ3) is 6.02. The lowest BCUT2D eigenvalue weighted by atomic mass is 10.1. The van der Waals surface area contributed by atoms with Crippen molar-refractivity contribution in [1.82, 2.24) is 15.6 Å². The number of aromatic nitrogens is 1. The van der Waals surface area contributed by atoms with Gasteiger partial charge in [-0.1, -0.05) is 12.1 Å². The van der Waals surface area contributed by atoms with Gasteiger partial charge < -0.3 is 15.4 Å². The second kappa shape index (κ2) is 8.54. The van der Waals surface area contributed by atoms with E-state index in [4.69, 9.17) is 4.74 Å². The number of hydrogen-bond acceptors (Lipinski definition) is 4. The highest BCUT2D eigenvalue weighted by Crippen LogP contribution is 2.24. The van der Waals surface area contributed by atoms with Gasteiger partial charge in [-0.25, -0.2) is 4.98 Å². The summed E-state index contributed by atoms with van der Waals surface area (Å²) in [6.45, 7) is 13.7. The van der Waals surface area contributed by atoms with Gasteiger partial charge in [-0.05, 0) is 53.2 Å². The Balaban J connectivity index is 2.01. The van der Waals surface area contributed by atoms with Crippen LogP contribution in [0, 0.1) is 20.8 Å². The van der Waals surface area contributed by atoms with E-state index in [1.54, 1.807) is 18.4 Å². The second-order valence-electron chi connectivity index (χ2n) is 7.35. The van der Waals surface area contributed by atoms with Crippen LogP contribution in [0.1, 0.15) is 47.5 Å². The van der Waals surface area contributed by atoms with Crippen LogP contribution in [0.25, 0.3) is 0 Å². The van der Waals surface area contributed by atoms with Crippen molar-refractivity contribution in [3.63, 3.8) is 0 Å². The van der Waals surface area contributed by atoms with Crippen LogP contribution in [0.5, 0.6) is 5.75 Å². The minimum atomic E-state index is -0.232. The molecule has 26 heavy (non-hydrogen) atoms. The smallest absolute Gasteiger partial charge is 0.191 e. The Morgan fingerprint density at radius 2 is 1.85 bits per heavy atom. The number of guanidine groups is 1. The van der Waals surface area contributed by atoms with E-state index in [0.717, 1.165) is 34.5 Å². The molecule has 2 aromatic rings. The summed E-state index contributed by atoms with van der Waals surface area (Å²) in [5, 5.41) is 7.82. The molecule has 0 fully saturated rings. The zero-order valence-corrected chi connectivity index (χ0v) is 17.7. The first-order valence-electron chi connectivity index (χ1n) is 8.84. The number of nitrogens with one attached hydrogen (secondary N) is 2. The van der Waals surface area contributed by atoms with E-state index in [9.17, 15) is 0 Å². The Hall–Kier alpha value is -2.08. The van der Waals surface area contributed by atoms with Gasteiger partial charge >= 0.3 is 0 Å². The van der Waals surface area contributed by atoms with Gasteiger partial charge in [-0.3, -0.25) is 4.99 Å². The Morgan fingerprint density at radius 3 is 2.42 bits per heavy atom. The van der Waals surface area contributed by atoms with Gasteiger partial charge in [0.25, 0.3) is 0 Å². The minimum absolute atomic E-state index is 0.232. The molecule has 0 aliphatic rings. The van der Waals surface area contributed by atoms with E-state index in [1.807, 2.05) is 13.8 Å². The van der Waals surface area contributed by atoms with E-state index in [-0.39, 0.29) is 5.60 Å². The molecule has 0 radical (unpaired) electrons. The highest BCUT2D eigenvalue weighted by atomic mass is 32.1. The monoisotopic (exact) mass is 374 g/mol. The molecule has 0 saturated carbocycles. The van der Waals surface area contributed by atoms with Crippen LogP contribution in [0.2, 0.25) is 0 Å². The van der Waals surface area contributed by atoms with E-state index >= 15 is 0 Å². The van der Waals surface area contributed by atoms with Gasteiger partial charge in [0.05, 0.1) is 17.2 Å². The molecule has 5 nitrogen and oxygen atoms in total. The fourth-order valence-electron chi connectivity index (χ4n) is 2.53. The van der Waals surface area contributed by atoms with E-state index < -0.39 is 0 Å². The summed E-state index contributed by atoms with van der Waals surface area (Å²) in [6.07, 6.45) is 0. The number of benzene rings is 1. The molecule has 6 heteroatoms. The maximum Gasteiger partial charge on any atom is 0.191 e. The summed E-state index contributed by atoms with van der Waals surface area (Å²) in [5.74, 6) is 1.67. The standard InChI is InChI=1S/C20H30N4OS/c1-13-8-9-16(17(10-13)25-20(4,5)6)11-22-19(21-7)23-12-18-14(2)24-15(3)26-18/h8-10H,11-12H2,1-7H3,(H2,21,22,23). The highest BCUT2D eigenvalue weighted by molar-refractivity contribution is 7.11. The Kier molecular flexibility index (Phi) is 6.64. The molecule has 1 heterocycles. The first kappa shape index (κ1) is 20.2. The van der Waals surface area contributed by atoms with Crippen molar-refractivity contribution in [2.45, 2.75) is 60.2 Å². The topological polar surface area (TPSA) is 58.5 Å². The van der Waals surface area contributed by atoms with Crippen molar-refractivity contribution in [3.05, 3.63) is 44.9 Å². The summed E-state index contributed by atoms with van der Waals surface area (Å²) < 4.78 is 6.12. The number of thiazole rings is 1. The molecule has 142 valence electrons. The number of ether oxygens (including phenoxy) is 1. The van der Waals surface area contributed by atoms with Crippen LogP contribution >= 0.6 is 11.3 Å². The minimum Gasteiger partial charge on any atom is -0.488 e. The van der Waals surface area contributed by atoms with Crippen molar-refractivity contribution in [1.29, 1.82) is 0 Å². The fraction of sp³-hybridized carbons (Fsp3) is 0.500. The van der Waals surface area contributed by atoms with Gasteiger partial charge in [-0.15, -0.1) is 11.3 Å². The zero-order chi connectivity index (χ0) is 19.3. The molecular weight excluding hydrogens is 344 g/mol. The summed E-state index contributed by atoms with van der Waals surface area (Å²) in [6, 6.07) is 6.29. The normalized spacial score (nSPS) is 12.2. The lowest BCUT2D eigenvalue weighted by Crippen LogP contribution is -2.36. The Morgan fingerprint density at radius 1 is 1.15 bits per heavy atom. The van der Waals surface area contributed by atoms with Crippen LogP contribution in [0.15, 0.2) is 23.2 Å². The molecule has 1 aromatic carbocycles. The largest absolute Gasteiger partial charge is 0.488 e. The second-order valence-corrected chi connectivity index (χ2v) is 8.63. The molecule has 2 N–H and O–H groups in total. The maximum atomic E-state index is 6.12. The Bertz CT molecular complexity index is 775. The number of hydrogen-bond donors (Lipinski definition) is 2. The Labute approximate surface area is 160 Å².